The van der Waals surface area contributed by atoms with Crippen molar-refractivity contribution >= 4 is 29.0 Å². The number of hydrogen-bond acceptors (Lipinski definition) is 3. The molecule has 1 amide bonds. The molecule has 21 heavy (non-hydrogen) atoms. The molecule has 1 aromatic carbocycles. The van der Waals surface area contributed by atoms with Crippen LogP contribution in [0.2, 0.25) is 0 Å². The van der Waals surface area contributed by atoms with E-state index >= 15 is 0 Å². The Hall–Kier alpha value is -1.55. The first-order chi connectivity index (χ1) is 9.99. The number of anilines is 1. The molecule has 0 radical (unpaired) electrons. The standard InChI is InChI=1S/C16H20ClNO3/c1-4-7-18-12-8-11(13(19)9-17)5-6-14(12)21-15(10(2)3)16(18)20/h5-6,8,10,15H,4,7,9H2,1-3H3. The summed E-state index contributed by atoms with van der Waals surface area (Å²) in [6, 6.07) is 5.14. The Morgan fingerprint density at radius 3 is 2.71 bits per heavy atom. The lowest BCUT2D eigenvalue weighted by atomic mass is 10.0. The Labute approximate surface area is 130 Å². The average Bonchev–Trinajstić information content (AvgIpc) is 2.48. The molecular weight excluding hydrogens is 290 g/mol. The van der Waals surface area contributed by atoms with E-state index < -0.39 is 6.10 Å². The number of fused-ring (bicyclic) bond motifs is 1. The first-order valence-electron chi connectivity index (χ1n) is 7.20. The molecule has 0 saturated heterocycles. The van der Waals surface area contributed by atoms with Crippen molar-refractivity contribution in [2.75, 3.05) is 17.3 Å². The fourth-order valence-corrected chi connectivity index (χ4v) is 2.57. The number of rotatable bonds is 5. The normalized spacial score (nSPS) is 17.7. The molecule has 0 N–H and O–H groups in total. The van der Waals surface area contributed by atoms with Crippen LogP contribution in [0.4, 0.5) is 5.69 Å². The summed E-state index contributed by atoms with van der Waals surface area (Å²) in [5, 5.41) is 0. The molecule has 1 aromatic rings. The van der Waals surface area contributed by atoms with E-state index in [0.29, 0.717) is 23.5 Å². The summed E-state index contributed by atoms with van der Waals surface area (Å²) in [6.07, 6.45) is 0.363. The van der Waals surface area contributed by atoms with Gasteiger partial charge < -0.3 is 9.64 Å². The van der Waals surface area contributed by atoms with Gasteiger partial charge in [0, 0.05) is 12.1 Å². The van der Waals surface area contributed by atoms with E-state index in [4.69, 9.17) is 16.3 Å². The van der Waals surface area contributed by atoms with Gasteiger partial charge in [0.1, 0.15) is 5.75 Å². The van der Waals surface area contributed by atoms with E-state index in [1.54, 1.807) is 23.1 Å². The van der Waals surface area contributed by atoms with Gasteiger partial charge in [-0.05, 0) is 30.5 Å². The topological polar surface area (TPSA) is 46.6 Å². The van der Waals surface area contributed by atoms with E-state index in [-0.39, 0.29) is 23.5 Å². The number of alkyl halides is 1. The number of carbonyl (C=O) groups is 2. The van der Waals surface area contributed by atoms with Crippen molar-refractivity contribution in [1.29, 1.82) is 0 Å². The minimum atomic E-state index is -0.473. The predicted molar refractivity (Wildman–Crippen MR) is 83.4 cm³/mol. The summed E-state index contributed by atoms with van der Waals surface area (Å²) in [4.78, 5) is 26.0. The van der Waals surface area contributed by atoms with Crippen LogP contribution in [0, 0.1) is 5.92 Å². The summed E-state index contributed by atoms with van der Waals surface area (Å²) in [5.41, 5.74) is 1.17. The van der Waals surface area contributed by atoms with Crippen LogP contribution in [0.1, 0.15) is 37.6 Å². The molecule has 0 spiro atoms. The maximum absolute atomic E-state index is 12.6. The maximum atomic E-state index is 12.6. The molecular formula is C16H20ClNO3. The third-order valence-corrected chi connectivity index (χ3v) is 3.75. The van der Waals surface area contributed by atoms with Gasteiger partial charge in [0.15, 0.2) is 11.9 Å². The molecule has 1 aliphatic rings. The van der Waals surface area contributed by atoms with Crippen LogP contribution in [-0.4, -0.2) is 30.2 Å². The Morgan fingerprint density at radius 2 is 2.14 bits per heavy atom. The van der Waals surface area contributed by atoms with Gasteiger partial charge in [0.05, 0.1) is 11.6 Å². The van der Waals surface area contributed by atoms with Crippen molar-refractivity contribution < 1.29 is 14.3 Å². The van der Waals surface area contributed by atoms with E-state index in [1.807, 2.05) is 20.8 Å². The SMILES string of the molecule is CCCN1C(=O)C(C(C)C)Oc2ccc(C(=O)CCl)cc21. The zero-order valence-corrected chi connectivity index (χ0v) is 13.3. The van der Waals surface area contributed by atoms with Gasteiger partial charge in [-0.15, -0.1) is 11.6 Å². The second kappa shape index (κ2) is 6.48. The lowest BCUT2D eigenvalue weighted by Gasteiger charge is -2.36. The predicted octanol–water partition coefficient (Wildman–Crippen LogP) is 3.27. The minimum absolute atomic E-state index is 0.0465. The summed E-state index contributed by atoms with van der Waals surface area (Å²) in [5.74, 6) is 0.460. The fourth-order valence-electron chi connectivity index (χ4n) is 2.41. The number of carbonyl (C=O) groups excluding carboxylic acids is 2. The zero-order chi connectivity index (χ0) is 15.6. The highest BCUT2D eigenvalue weighted by molar-refractivity contribution is 6.30. The Bertz CT molecular complexity index is 556. The minimum Gasteiger partial charge on any atom is -0.478 e. The number of amides is 1. The molecule has 5 heteroatoms. The van der Waals surface area contributed by atoms with Gasteiger partial charge in [0.2, 0.25) is 0 Å². The average molecular weight is 310 g/mol. The Kier molecular flexibility index (Phi) is 4.88. The first kappa shape index (κ1) is 15.8. The molecule has 1 heterocycles. The van der Waals surface area contributed by atoms with Gasteiger partial charge in [-0.2, -0.15) is 0 Å². The summed E-state index contributed by atoms with van der Waals surface area (Å²) >= 11 is 5.60. The van der Waals surface area contributed by atoms with Crippen LogP contribution in [-0.2, 0) is 4.79 Å². The summed E-state index contributed by atoms with van der Waals surface area (Å²) in [7, 11) is 0. The number of nitrogens with zero attached hydrogens (tertiary/aromatic N) is 1. The fraction of sp³-hybridized carbons (Fsp3) is 0.500. The molecule has 4 nitrogen and oxygen atoms in total. The molecule has 1 atom stereocenters. The van der Waals surface area contributed by atoms with Crippen LogP contribution in [0.25, 0.3) is 0 Å². The monoisotopic (exact) mass is 309 g/mol. The number of halogens is 1. The van der Waals surface area contributed by atoms with Crippen LogP contribution < -0.4 is 9.64 Å². The van der Waals surface area contributed by atoms with Gasteiger partial charge in [-0.25, -0.2) is 0 Å². The molecule has 1 aliphatic heterocycles. The van der Waals surface area contributed by atoms with E-state index in [1.165, 1.54) is 0 Å². The van der Waals surface area contributed by atoms with E-state index in [0.717, 1.165) is 6.42 Å². The van der Waals surface area contributed by atoms with Crippen molar-refractivity contribution in [3.63, 3.8) is 0 Å². The lowest BCUT2D eigenvalue weighted by molar-refractivity contribution is -0.128. The molecule has 0 saturated carbocycles. The van der Waals surface area contributed by atoms with Gasteiger partial charge in [-0.1, -0.05) is 20.8 Å². The highest BCUT2D eigenvalue weighted by atomic mass is 35.5. The van der Waals surface area contributed by atoms with E-state index in [9.17, 15) is 9.59 Å². The zero-order valence-electron chi connectivity index (χ0n) is 12.6. The highest BCUT2D eigenvalue weighted by Gasteiger charge is 2.36. The molecule has 114 valence electrons. The quantitative estimate of drug-likeness (QED) is 0.619. The lowest BCUT2D eigenvalue weighted by Crippen LogP contribution is -2.48. The number of benzene rings is 1. The van der Waals surface area contributed by atoms with Crippen molar-refractivity contribution in [1.82, 2.24) is 0 Å². The third-order valence-electron chi connectivity index (χ3n) is 3.51. The summed E-state index contributed by atoms with van der Waals surface area (Å²) in [6.45, 7) is 6.55. The Balaban J connectivity index is 2.46. The van der Waals surface area contributed by atoms with Crippen molar-refractivity contribution in [3.8, 4) is 5.75 Å². The van der Waals surface area contributed by atoms with Crippen LogP contribution in [0.3, 0.4) is 0 Å². The van der Waals surface area contributed by atoms with Gasteiger partial charge in [-0.3, -0.25) is 9.59 Å². The van der Waals surface area contributed by atoms with Gasteiger partial charge in [0.25, 0.3) is 5.91 Å². The second-order valence-corrected chi connectivity index (χ2v) is 5.78. The number of hydrogen-bond donors (Lipinski definition) is 0. The Morgan fingerprint density at radius 1 is 1.43 bits per heavy atom. The largest absolute Gasteiger partial charge is 0.478 e. The number of ether oxygens (including phenoxy) is 1. The molecule has 0 aromatic heterocycles. The highest BCUT2D eigenvalue weighted by Crippen LogP contribution is 2.36. The van der Waals surface area contributed by atoms with Crippen LogP contribution >= 0.6 is 11.6 Å². The van der Waals surface area contributed by atoms with Crippen molar-refractivity contribution in [2.45, 2.75) is 33.3 Å². The molecule has 0 aliphatic carbocycles. The number of ketones is 1. The molecule has 2 rings (SSSR count). The van der Waals surface area contributed by atoms with Crippen LogP contribution in [0.5, 0.6) is 5.75 Å². The molecule has 0 fully saturated rings. The first-order valence-corrected chi connectivity index (χ1v) is 7.74. The van der Waals surface area contributed by atoms with Gasteiger partial charge >= 0.3 is 0 Å². The second-order valence-electron chi connectivity index (χ2n) is 5.51. The maximum Gasteiger partial charge on any atom is 0.268 e. The molecule has 1 unspecified atom stereocenters. The molecule has 0 bridgehead atoms. The number of Topliss-reactive ketones (excluding diaryl/α,β-unsaturated/α-hetero) is 1. The van der Waals surface area contributed by atoms with Crippen molar-refractivity contribution in [2.24, 2.45) is 5.92 Å². The summed E-state index contributed by atoms with van der Waals surface area (Å²) < 4.78 is 5.82. The van der Waals surface area contributed by atoms with E-state index in [2.05, 4.69) is 0 Å². The third kappa shape index (κ3) is 3.05. The van der Waals surface area contributed by atoms with Crippen LogP contribution in [0.15, 0.2) is 18.2 Å². The van der Waals surface area contributed by atoms with Crippen molar-refractivity contribution in [3.05, 3.63) is 23.8 Å². The smallest absolute Gasteiger partial charge is 0.268 e.